The van der Waals surface area contributed by atoms with Gasteiger partial charge in [-0.25, -0.2) is 4.72 Å². The van der Waals surface area contributed by atoms with Gasteiger partial charge in [0.1, 0.15) is 0 Å². The first-order valence-electron chi connectivity index (χ1n) is 4.65. The van der Waals surface area contributed by atoms with Gasteiger partial charge in [-0.15, -0.1) is 0 Å². The van der Waals surface area contributed by atoms with Crippen LogP contribution in [0, 0.1) is 5.92 Å². The first-order chi connectivity index (χ1) is 6.57. The zero-order chi connectivity index (χ0) is 12.3. The van der Waals surface area contributed by atoms with Crippen LogP contribution in [0.1, 0.15) is 27.7 Å². The number of rotatable bonds is 6. The van der Waals surface area contributed by atoms with Crippen molar-refractivity contribution in [1.82, 2.24) is 9.44 Å². The molecule has 0 aliphatic rings. The van der Waals surface area contributed by atoms with Crippen molar-refractivity contribution in [3.8, 4) is 0 Å². The number of hydrogen-bond donors (Lipinski definition) is 3. The highest BCUT2D eigenvalue weighted by Crippen LogP contribution is 2.04. The fourth-order valence-electron chi connectivity index (χ4n) is 0.699. The molecule has 90 valence electrons. The van der Waals surface area contributed by atoms with E-state index >= 15 is 0 Å². The van der Waals surface area contributed by atoms with E-state index < -0.39 is 15.7 Å². The van der Waals surface area contributed by atoms with Gasteiger partial charge in [-0.3, -0.25) is 0 Å². The first kappa shape index (κ1) is 14.8. The maximum absolute atomic E-state index is 11.5. The predicted octanol–water partition coefficient (Wildman–Crippen LogP) is 0.131. The van der Waals surface area contributed by atoms with Crippen LogP contribution in [0.15, 0.2) is 0 Å². The Hall–Kier alpha value is -0.240. The molecule has 0 aliphatic carbocycles. The molecule has 0 rings (SSSR count). The van der Waals surface area contributed by atoms with Crippen LogP contribution < -0.4 is 15.2 Å². The number of thiocarbonyl (C=S) groups is 1. The van der Waals surface area contributed by atoms with E-state index in [1.165, 1.54) is 0 Å². The van der Waals surface area contributed by atoms with Gasteiger partial charge in [-0.05, 0) is 19.8 Å². The molecular weight excluding hydrogens is 234 g/mol. The average Bonchev–Trinajstić information content (AvgIpc) is 1.99. The summed E-state index contributed by atoms with van der Waals surface area (Å²) in [5, 5.41) is 0. The molecule has 0 spiro atoms. The molecular formula is C8H19N3O2S2. The van der Waals surface area contributed by atoms with Crippen LogP contribution >= 0.6 is 12.2 Å². The monoisotopic (exact) mass is 253 g/mol. The second-order valence-corrected chi connectivity index (χ2v) is 6.28. The van der Waals surface area contributed by atoms with Crippen LogP contribution in [-0.2, 0) is 10.2 Å². The van der Waals surface area contributed by atoms with Gasteiger partial charge in [0.2, 0.25) is 0 Å². The molecule has 0 bridgehead atoms. The highest BCUT2D eigenvalue weighted by molar-refractivity contribution is 7.87. The van der Waals surface area contributed by atoms with Crippen LogP contribution in [0.25, 0.3) is 0 Å². The standard InChI is InChI=1S/C8H19N3O2S2/c1-6(2)5-10-15(12,13)11-8(3,4)7(9)14/h6,10-11H,5H2,1-4H3,(H2,9,14). The summed E-state index contributed by atoms with van der Waals surface area (Å²) in [4.78, 5) is 0.109. The Balaban J connectivity index is 4.45. The summed E-state index contributed by atoms with van der Waals surface area (Å²) in [5.41, 5.74) is 4.49. The highest BCUT2D eigenvalue weighted by atomic mass is 32.2. The second kappa shape index (κ2) is 5.20. The van der Waals surface area contributed by atoms with Crippen molar-refractivity contribution < 1.29 is 8.42 Å². The van der Waals surface area contributed by atoms with Gasteiger partial charge >= 0.3 is 0 Å². The molecule has 7 heteroatoms. The summed E-state index contributed by atoms with van der Waals surface area (Å²) in [5.74, 6) is 0.245. The minimum atomic E-state index is -3.55. The molecule has 0 aromatic rings. The van der Waals surface area contributed by atoms with Crippen LogP contribution in [0.5, 0.6) is 0 Å². The van der Waals surface area contributed by atoms with Gasteiger partial charge in [-0.2, -0.15) is 13.1 Å². The first-order valence-corrected chi connectivity index (χ1v) is 6.54. The fourth-order valence-corrected chi connectivity index (χ4v) is 2.22. The summed E-state index contributed by atoms with van der Waals surface area (Å²) in [6.07, 6.45) is 0. The molecule has 0 saturated carbocycles. The van der Waals surface area contributed by atoms with E-state index in [2.05, 4.69) is 9.44 Å². The smallest absolute Gasteiger partial charge is 0.277 e. The van der Waals surface area contributed by atoms with Crippen LogP contribution in [0.3, 0.4) is 0 Å². The van der Waals surface area contributed by atoms with Crippen molar-refractivity contribution in [2.75, 3.05) is 6.54 Å². The molecule has 0 unspecified atom stereocenters. The van der Waals surface area contributed by atoms with Gasteiger partial charge in [0.05, 0.1) is 10.5 Å². The van der Waals surface area contributed by atoms with Crippen molar-refractivity contribution >= 4 is 27.4 Å². The second-order valence-electron chi connectivity index (χ2n) is 4.34. The Morgan fingerprint density at radius 1 is 1.47 bits per heavy atom. The zero-order valence-corrected chi connectivity index (χ0v) is 11.1. The molecule has 0 saturated heterocycles. The van der Waals surface area contributed by atoms with E-state index in [0.717, 1.165) is 0 Å². The molecule has 4 N–H and O–H groups in total. The van der Waals surface area contributed by atoms with Gasteiger partial charge < -0.3 is 5.73 Å². The zero-order valence-electron chi connectivity index (χ0n) is 9.49. The maximum Gasteiger partial charge on any atom is 0.277 e. The quantitative estimate of drug-likeness (QED) is 0.588. The lowest BCUT2D eigenvalue weighted by Gasteiger charge is -2.24. The maximum atomic E-state index is 11.5. The van der Waals surface area contributed by atoms with E-state index in [1.54, 1.807) is 13.8 Å². The lowest BCUT2D eigenvalue weighted by molar-refractivity contribution is 0.521. The summed E-state index contributed by atoms with van der Waals surface area (Å²) >= 11 is 4.76. The molecule has 0 amide bonds. The Kier molecular flexibility index (Phi) is 5.12. The minimum Gasteiger partial charge on any atom is -0.392 e. The number of nitrogens with one attached hydrogen (secondary N) is 2. The van der Waals surface area contributed by atoms with Gasteiger partial charge in [-0.1, -0.05) is 26.1 Å². The summed E-state index contributed by atoms with van der Waals surface area (Å²) < 4.78 is 27.8. The normalized spacial score (nSPS) is 13.1. The Morgan fingerprint density at radius 2 is 1.93 bits per heavy atom. The SMILES string of the molecule is CC(C)CNS(=O)(=O)NC(C)(C)C(N)=S. The van der Waals surface area contributed by atoms with E-state index in [1.807, 2.05) is 13.8 Å². The van der Waals surface area contributed by atoms with Crippen molar-refractivity contribution in [3.05, 3.63) is 0 Å². The van der Waals surface area contributed by atoms with E-state index in [9.17, 15) is 8.42 Å². The lowest BCUT2D eigenvalue weighted by Crippen LogP contribution is -2.55. The summed E-state index contributed by atoms with van der Waals surface area (Å²) in [6, 6.07) is 0. The Bertz CT molecular complexity index is 323. The third kappa shape index (κ3) is 6.03. The van der Waals surface area contributed by atoms with Crippen LogP contribution in [0.4, 0.5) is 0 Å². The van der Waals surface area contributed by atoms with E-state index in [0.29, 0.717) is 6.54 Å². The lowest BCUT2D eigenvalue weighted by atomic mass is 10.1. The predicted molar refractivity (Wildman–Crippen MR) is 65.8 cm³/mol. The number of hydrogen-bond acceptors (Lipinski definition) is 3. The van der Waals surface area contributed by atoms with Gasteiger partial charge in [0.15, 0.2) is 0 Å². The summed E-state index contributed by atoms with van der Waals surface area (Å²) in [7, 11) is -3.55. The fraction of sp³-hybridized carbons (Fsp3) is 0.875. The molecule has 0 atom stereocenters. The van der Waals surface area contributed by atoms with Crippen molar-refractivity contribution in [1.29, 1.82) is 0 Å². The molecule has 0 aromatic heterocycles. The van der Waals surface area contributed by atoms with Crippen LogP contribution in [-0.4, -0.2) is 25.5 Å². The van der Waals surface area contributed by atoms with Crippen LogP contribution in [0.2, 0.25) is 0 Å². The largest absolute Gasteiger partial charge is 0.392 e. The van der Waals surface area contributed by atoms with E-state index in [-0.39, 0.29) is 10.9 Å². The molecule has 5 nitrogen and oxygen atoms in total. The minimum absolute atomic E-state index is 0.109. The molecule has 0 heterocycles. The topological polar surface area (TPSA) is 84.2 Å². The molecule has 0 aromatic carbocycles. The highest BCUT2D eigenvalue weighted by Gasteiger charge is 2.27. The molecule has 15 heavy (non-hydrogen) atoms. The van der Waals surface area contributed by atoms with Crippen molar-refractivity contribution in [3.63, 3.8) is 0 Å². The Labute approximate surface area is 97.0 Å². The third-order valence-corrected chi connectivity index (χ3v) is 3.52. The average molecular weight is 253 g/mol. The third-order valence-electron chi connectivity index (χ3n) is 1.69. The number of nitrogens with two attached hydrogens (primary N) is 1. The van der Waals surface area contributed by atoms with E-state index in [4.69, 9.17) is 18.0 Å². The van der Waals surface area contributed by atoms with Crippen molar-refractivity contribution in [2.24, 2.45) is 11.7 Å². The van der Waals surface area contributed by atoms with Gasteiger partial charge in [0, 0.05) is 6.54 Å². The van der Waals surface area contributed by atoms with Gasteiger partial charge in [0.25, 0.3) is 10.2 Å². The summed E-state index contributed by atoms with van der Waals surface area (Å²) in [6.45, 7) is 7.44. The molecule has 0 radical (unpaired) electrons. The van der Waals surface area contributed by atoms with Crippen molar-refractivity contribution in [2.45, 2.75) is 33.2 Å². The molecule has 0 aliphatic heterocycles. The molecule has 0 fully saturated rings. The Morgan fingerprint density at radius 3 is 2.27 bits per heavy atom.